The highest BCUT2D eigenvalue weighted by atomic mass is 16.5. The van der Waals surface area contributed by atoms with Crippen molar-refractivity contribution < 1.29 is 9.47 Å². The van der Waals surface area contributed by atoms with Gasteiger partial charge >= 0.3 is 0 Å². The topological polar surface area (TPSA) is 44.5 Å². The molecule has 0 heterocycles. The lowest BCUT2D eigenvalue weighted by atomic mass is 9.84. The van der Waals surface area contributed by atoms with Crippen molar-refractivity contribution in [1.29, 1.82) is 0 Å². The lowest BCUT2D eigenvalue weighted by molar-refractivity contribution is -0.0439. The van der Waals surface area contributed by atoms with E-state index in [4.69, 9.17) is 15.2 Å². The Balaban J connectivity index is 2.65. The number of methoxy groups -OCH3 is 1. The van der Waals surface area contributed by atoms with Crippen molar-refractivity contribution in [3.63, 3.8) is 0 Å². The van der Waals surface area contributed by atoms with Gasteiger partial charge in [-0.05, 0) is 29.5 Å². The molecule has 0 bridgehead atoms. The van der Waals surface area contributed by atoms with E-state index >= 15 is 0 Å². The molecule has 2 unspecified atom stereocenters. The van der Waals surface area contributed by atoms with Gasteiger partial charge in [-0.15, -0.1) is 0 Å². The second kappa shape index (κ2) is 6.92. The zero-order valence-electron chi connectivity index (χ0n) is 12.8. The monoisotopic (exact) mass is 265 g/mol. The summed E-state index contributed by atoms with van der Waals surface area (Å²) < 4.78 is 11.2. The van der Waals surface area contributed by atoms with Gasteiger partial charge in [0.25, 0.3) is 0 Å². The third-order valence-electron chi connectivity index (χ3n) is 3.30. The van der Waals surface area contributed by atoms with Gasteiger partial charge < -0.3 is 15.2 Å². The van der Waals surface area contributed by atoms with Crippen LogP contribution in [-0.4, -0.2) is 19.3 Å². The fourth-order valence-corrected chi connectivity index (χ4v) is 2.14. The molecule has 2 N–H and O–H groups in total. The van der Waals surface area contributed by atoms with E-state index in [1.807, 2.05) is 24.3 Å². The Morgan fingerprint density at radius 1 is 1.16 bits per heavy atom. The highest BCUT2D eigenvalue weighted by Crippen LogP contribution is 2.26. The molecule has 0 radical (unpaired) electrons. The summed E-state index contributed by atoms with van der Waals surface area (Å²) in [5.74, 6) is 0.862. The maximum atomic E-state index is 6.17. The van der Waals surface area contributed by atoms with Crippen LogP contribution >= 0.6 is 0 Å². The van der Waals surface area contributed by atoms with Crippen molar-refractivity contribution in [2.24, 2.45) is 11.1 Å². The van der Waals surface area contributed by atoms with Gasteiger partial charge in [-0.3, -0.25) is 0 Å². The van der Waals surface area contributed by atoms with Crippen LogP contribution in [0.4, 0.5) is 0 Å². The normalized spacial score (nSPS) is 15.1. The number of hydrogen-bond acceptors (Lipinski definition) is 3. The highest BCUT2D eigenvalue weighted by molar-refractivity contribution is 5.26. The molecule has 0 fully saturated rings. The molecule has 1 aromatic rings. The fourth-order valence-electron chi connectivity index (χ4n) is 2.14. The maximum absolute atomic E-state index is 6.17. The molecular formula is C16H27NO2. The molecular weight excluding hydrogens is 238 g/mol. The first-order valence-electron chi connectivity index (χ1n) is 6.88. The van der Waals surface area contributed by atoms with Gasteiger partial charge in [0, 0.05) is 6.04 Å². The predicted octanol–water partition coefficient (Wildman–Crippen LogP) is 3.36. The summed E-state index contributed by atoms with van der Waals surface area (Å²) in [6.07, 6.45) is 0.976. The molecule has 0 aliphatic rings. The molecule has 0 amide bonds. The average molecular weight is 265 g/mol. The van der Waals surface area contributed by atoms with Gasteiger partial charge in [-0.25, -0.2) is 0 Å². The Morgan fingerprint density at radius 3 is 2.16 bits per heavy atom. The van der Waals surface area contributed by atoms with Gasteiger partial charge in [0.05, 0.1) is 19.8 Å². The number of ether oxygens (including phenoxy) is 2. The average Bonchev–Trinajstić information content (AvgIpc) is 2.37. The first-order valence-corrected chi connectivity index (χ1v) is 6.88. The zero-order valence-corrected chi connectivity index (χ0v) is 12.8. The van der Waals surface area contributed by atoms with Crippen molar-refractivity contribution in [3.8, 4) is 5.75 Å². The standard InChI is InChI=1S/C16H27NO2/c1-6-14(17)15(16(2,3)4)19-11-12-7-9-13(18-5)10-8-12/h7-10,14-15H,6,11,17H2,1-5H3. The van der Waals surface area contributed by atoms with Crippen LogP contribution in [0.15, 0.2) is 24.3 Å². The molecule has 1 aromatic carbocycles. The number of rotatable bonds is 6. The summed E-state index contributed by atoms with van der Waals surface area (Å²) >= 11 is 0. The molecule has 0 spiro atoms. The SMILES string of the molecule is CCC(N)C(OCc1ccc(OC)cc1)C(C)(C)C. The Labute approximate surface area is 117 Å². The van der Waals surface area contributed by atoms with Crippen molar-refractivity contribution in [2.45, 2.75) is 52.9 Å². The van der Waals surface area contributed by atoms with Crippen molar-refractivity contribution in [3.05, 3.63) is 29.8 Å². The van der Waals surface area contributed by atoms with Crippen molar-refractivity contribution in [2.75, 3.05) is 7.11 Å². The summed E-state index contributed by atoms with van der Waals surface area (Å²) in [6.45, 7) is 9.18. The molecule has 0 aromatic heterocycles. The molecule has 2 atom stereocenters. The molecule has 3 heteroatoms. The first-order chi connectivity index (χ1) is 8.88. The largest absolute Gasteiger partial charge is 0.497 e. The molecule has 19 heavy (non-hydrogen) atoms. The number of hydrogen-bond donors (Lipinski definition) is 1. The van der Waals surface area contributed by atoms with E-state index in [9.17, 15) is 0 Å². The summed E-state index contributed by atoms with van der Waals surface area (Å²) in [4.78, 5) is 0. The number of benzene rings is 1. The van der Waals surface area contributed by atoms with Crippen LogP contribution in [0.2, 0.25) is 0 Å². The maximum Gasteiger partial charge on any atom is 0.118 e. The van der Waals surface area contributed by atoms with Gasteiger partial charge in [-0.1, -0.05) is 39.8 Å². The molecule has 1 rings (SSSR count). The first kappa shape index (κ1) is 16.0. The zero-order chi connectivity index (χ0) is 14.5. The highest BCUT2D eigenvalue weighted by Gasteiger charge is 2.30. The molecule has 0 aliphatic carbocycles. The Hall–Kier alpha value is -1.06. The van der Waals surface area contributed by atoms with Crippen LogP contribution < -0.4 is 10.5 Å². The Kier molecular flexibility index (Phi) is 5.83. The smallest absolute Gasteiger partial charge is 0.118 e. The van der Waals surface area contributed by atoms with Crippen molar-refractivity contribution in [1.82, 2.24) is 0 Å². The lowest BCUT2D eigenvalue weighted by Gasteiger charge is -2.34. The van der Waals surface area contributed by atoms with E-state index in [0.29, 0.717) is 6.61 Å². The van der Waals surface area contributed by atoms with Crippen LogP contribution in [0.3, 0.4) is 0 Å². The Morgan fingerprint density at radius 2 is 1.74 bits per heavy atom. The van der Waals surface area contributed by atoms with E-state index in [2.05, 4.69) is 27.7 Å². The minimum atomic E-state index is 0.0435. The second-order valence-electron chi connectivity index (χ2n) is 6.02. The van der Waals surface area contributed by atoms with Crippen LogP contribution in [-0.2, 0) is 11.3 Å². The van der Waals surface area contributed by atoms with Crippen LogP contribution in [0, 0.1) is 5.41 Å². The summed E-state index contributed by atoms with van der Waals surface area (Å²) in [6, 6.07) is 8.01. The van der Waals surface area contributed by atoms with E-state index < -0.39 is 0 Å². The molecule has 0 saturated heterocycles. The van der Waals surface area contributed by atoms with E-state index in [0.717, 1.165) is 17.7 Å². The summed E-state index contributed by atoms with van der Waals surface area (Å²) in [5.41, 5.74) is 7.35. The summed E-state index contributed by atoms with van der Waals surface area (Å²) in [7, 11) is 1.67. The lowest BCUT2D eigenvalue weighted by Crippen LogP contribution is -2.44. The predicted molar refractivity (Wildman–Crippen MR) is 79.3 cm³/mol. The van der Waals surface area contributed by atoms with E-state index in [1.54, 1.807) is 7.11 Å². The quantitative estimate of drug-likeness (QED) is 0.857. The second-order valence-corrected chi connectivity index (χ2v) is 6.02. The van der Waals surface area contributed by atoms with Gasteiger partial charge in [0.1, 0.15) is 5.75 Å². The molecule has 3 nitrogen and oxygen atoms in total. The van der Waals surface area contributed by atoms with Crippen LogP contribution in [0.5, 0.6) is 5.75 Å². The van der Waals surface area contributed by atoms with Crippen LogP contribution in [0.25, 0.3) is 0 Å². The van der Waals surface area contributed by atoms with E-state index in [-0.39, 0.29) is 17.6 Å². The van der Waals surface area contributed by atoms with Crippen LogP contribution in [0.1, 0.15) is 39.7 Å². The van der Waals surface area contributed by atoms with Crippen molar-refractivity contribution >= 4 is 0 Å². The summed E-state index contributed by atoms with van der Waals surface area (Å²) in [5, 5.41) is 0. The molecule has 108 valence electrons. The minimum absolute atomic E-state index is 0.0435. The third kappa shape index (κ3) is 4.84. The van der Waals surface area contributed by atoms with Gasteiger partial charge in [0.2, 0.25) is 0 Å². The fraction of sp³-hybridized carbons (Fsp3) is 0.625. The van der Waals surface area contributed by atoms with Gasteiger partial charge in [0.15, 0.2) is 0 Å². The van der Waals surface area contributed by atoms with Gasteiger partial charge in [-0.2, -0.15) is 0 Å². The third-order valence-corrected chi connectivity index (χ3v) is 3.30. The molecule has 0 aliphatic heterocycles. The Bertz CT molecular complexity index is 367. The molecule has 0 saturated carbocycles. The number of nitrogens with two attached hydrogens (primary N) is 1. The van der Waals surface area contributed by atoms with E-state index in [1.165, 1.54) is 0 Å². The minimum Gasteiger partial charge on any atom is -0.497 e.